The van der Waals surface area contributed by atoms with E-state index in [-0.39, 0.29) is 17.8 Å². The van der Waals surface area contributed by atoms with Crippen molar-refractivity contribution < 1.29 is 28.6 Å². The molecule has 3 aromatic rings. The fourth-order valence-electron chi connectivity index (χ4n) is 4.66. The van der Waals surface area contributed by atoms with Gasteiger partial charge in [0.25, 0.3) is 0 Å². The highest BCUT2D eigenvalue weighted by atomic mass is 16.6. The van der Waals surface area contributed by atoms with E-state index in [0.29, 0.717) is 42.8 Å². The van der Waals surface area contributed by atoms with E-state index in [2.05, 4.69) is 20.8 Å². The van der Waals surface area contributed by atoms with Crippen molar-refractivity contribution in [2.24, 2.45) is 5.92 Å². The number of rotatable bonds is 8. The summed E-state index contributed by atoms with van der Waals surface area (Å²) in [4.78, 5) is 41.0. The zero-order valence-corrected chi connectivity index (χ0v) is 23.6. The van der Waals surface area contributed by atoms with E-state index in [4.69, 9.17) is 14.2 Å². The predicted octanol–water partition coefficient (Wildman–Crippen LogP) is 6.51. The molecule has 210 valence electrons. The van der Waals surface area contributed by atoms with Crippen LogP contribution < -0.4 is 4.74 Å². The van der Waals surface area contributed by atoms with Crippen molar-refractivity contribution in [2.45, 2.75) is 51.7 Å². The number of ether oxygens (including phenoxy) is 3. The Morgan fingerprint density at radius 3 is 2.08 bits per heavy atom. The third-order valence-electron chi connectivity index (χ3n) is 7.22. The molecule has 1 fully saturated rings. The minimum absolute atomic E-state index is 0.0493. The van der Waals surface area contributed by atoms with Crippen LogP contribution in [0.5, 0.6) is 5.75 Å². The van der Waals surface area contributed by atoms with Gasteiger partial charge in [0.2, 0.25) is 5.78 Å². The average Bonchev–Trinajstić information content (AvgIpc) is 2.98. The summed E-state index contributed by atoms with van der Waals surface area (Å²) in [7, 11) is 1.57. The van der Waals surface area contributed by atoms with Gasteiger partial charge in [-0.15, -0.1) is 0 Å². The number of methoxy groups -OCH3 is 1. The number of ketones is 1. The number of hydrogen-bond acceptors (Lipinski definition) is 6. The van der Waals surface area contributed by atoms with Crippen molar-refractivity contribution in [3.8, 4) is 5.75 Å². The molecule has 1 unspecified atom stereocenters. The number of amides is 1. The number of hydrogen-bond donors (Lipinski definition) is 0. The summed E-state index contributed by atoms with van der Waals surface area (Å²) >= 11 is 0. The molecular formula is C33H37NO6. The molecular weight excluding hydrogens is 506 g/mol. The quantitative estimate of drug-likeness (QED) is 0.238. The molecule has 0 radical (unpaired) electrons. The average molecular weight is 544 g/mol. The summed E-state index contributed by atoms with van der Waals surface area (Å²) < 4.78 is 16.6. The smallest absolute Gasteiger partial charge is 0.410 e. The molecule has 1 aliphatic rings. The highest BCUT2D eigenvalue weighted by molar-refractivity contribution is 6.01. The summed E-state index contributed by atoms with van der Waals surface area (Å²) in [5.74, 6) is -0.518. The van der Waals surface area contributed by atoms with E-state index < -0.39 is 24.1 Å². The molecule has 4 rings (SSSR count). The van der Waals surface area contributed by atoms with Gasteiger partial charge in [-0.1, -0.05) is 87.5 Å². The lowest BCUT2D eigenvalue weighted by molar-refractivity contribution is -0.153. The molecule has 7 nitrogen and oxygen atoms in total. The lowest BCUT2D eigenvalue weighted by atomic mass is 9.86. The molecule has 1 heterocycles. The molecule has 40 heavy (non-hydrogen) atoms. The first kappa shape index (κ1) is 28.9. The number of carbonyl (C=O) groups excluding carboxylic acids is 3. The number of nitrogens with zero attached hydrogens (tertiary/aromatic N) is 1. The maximum atomic E-state index is 13.6. The van der Waals surface area contributed by atoms with Crippen LogP contribution in [0.1, 0.15) is 66.8 Å². The summed E-state index contributed by atoms with van der Waals surface area (Å²) in [5, 5.41) is 0. The van der Waals surface area contributed by atoms with E-state index in [1.165, 1.54) is 0 Å². The second-order valence-electron chi connectivity index (χ2n) is 11.1. The van der Waals surface area contributed by atoms with E-state index in [1.54, 1.807) is 48.4 Å². The van der Waals surface area contributed by atoms with Crippen molar-refractivity contribution in [3.05, 3.63) is 101 Å². The minimum Gasteiger partial charge on any atom is -0.497 e. The van der Waals surface area contributed by atoms with E-state index in [0.717, 1.165) is 11.1 Å². The Balaban J connectivity index is 1.41. The summed E-state index contributed by atoms with van der Waals surface area (Å²) in [6.07, 6.45) is -0.625. The molecule has 0 spiro atoms. The van der Waals surface area contributed by atoms with Crippen LogP contribution in [0, 0.1) is 5.92 Å². The maximum Gasteiger partial charge on any atom is 0.410 e. The maximum absolute atomic E-state index is 13.6. The van der Waals surface area contributed by atoms with Crippen molar-refractivity contribution in [1.29, 1.82) is 0 Å². The highest BCUT2D eigenvalue weighted by Gasteiger charge is 2.33. The fourth-order valence-corrected chi connectivity index (χ4v) is 4.66. The second-order valence-corrected chi connectivity index (χ2v) is 11.1. The van der Waals surface area contributed by atoms with Crippen LogP contribution in [0.4, 0.5) is 4.79 Å². The molecule has 1 atom stereocenters. The van der Waals surface area contributed by atoms with Crippen LogP contribution in [0.2, 0.25) is 0 Å². The predicted molar refractivity (Wildman–Crippen MR) is 152 cm³/mol. The van der Waals surface area contributed by atoms with Crippen LogP contribution >= 0.6 is 0 Å². The van der Waals surface area contributed by atoms with Crippen LogP contribution in [-0.2, 0) is 26.3 Å². The number of Topliss-reactive ketones (excluding diaryl/α,β-unsaturated/α-hetero) is 1. The van der Waals surface area contributed by atoms with Crippen LogP contribution in [0.3, 0.4) is 0 Å². The fraction of sp³-hybridized carbons (Fsp3) is 0.364. The monoisotopic (exact) mass is 543 g/mol. The molecule has 1 amide bonds. The zero-order valence-electron chi connectivity index (χ0n) is 23.6. The third kappa shape index (κ3) is 7.29. The lowest BCUT2D eigenvalue weighted by Gasteiger charge is -2.31. The van der Waals surface area contributed by atoms with Crippen LogP contribution in [0.15, 0.2) is 78.9 Å². The second kappa shape index (κ2) is 12.8. The lowest BCUT2D eigenvalue weighted by Crippen LogP contribution is -2.41. The number of esters is 1. The van der Waals surface area contributed by atoms with Crippen molar-refractivity contribution in [2.75, 3.05) is 20.2 Å². The molecule has 0 aromatic heterocycles. The number of benzene rings is 3. The zero-order chi connectivity index (χ0) is 28.7. The molecule has 7 heteroatoms. The molecule has 0 N–H and O–H groups in total. The normalized spacial score (nSPS) is 14.8. The Labute approximate surface area is 236 Å². The standard InChI is InChI=1S/C33H37NO6/c1-33(2,3)27-14-10-24(11-15-27)29(35)30(25-12-16-28(38-4)17-13-25)40-31(36)26-18-20-34(21-19-26)32(37)39-22-23-8-6-5-7-9-23/h5-17,26,30H,18-22H2,1-4H3. The largest absolute Gasteiger partial charge is 0.497 e. The van der Waals surface area contributed by atoms with E-state index in [9.17, 15) is 14.4 Å². The third-order valence-corrected chi connectivity index (χ3v) is 7.22. The first-order valence-corrected chi connectivity index (χ1v) is 13.6. The minimum atomic E-state index is -1.09. The Bertz CT molecular complexity index is 1290. The molecule has 1 saturated heterocycles. The van der Waals surface area contributed by atoms with Gasteiger partial charge in [-0.05, 0) is 41.5 Å². The van der Waals surface area contributed by atoms with E-state index in [1.807, 2.05) is 42.5 Å². The summed E-state index contributed by atoms with van der Waals surface area (Å²) in [5.41, 5.74) is 3.01. The highest BCUT2D eigenvalue weighted by Crippen LogP contribution is 2.29. The molecule has 0 bridgehead atoms. The Morgan fingerprint density at radius 2 is 1.50 bits per heavy atom. The van der Waals surface area contributed by atoms with Gasteiger partial charge in [0.05, 0.1) is 13.0 Å². The van der Waals surface area contributed by atoms with Crippen molar-refractivity contribution in [1.82, 2.24) is 4.90 Å². The first-order valence-electron chi connectivity index (χ1n) is 13.6. The molecule has 1 aliphatic heterocycles. The van der Waals surface area contributed by atoms with Gasteiger partial charge in [0, 0.05) is 24.2 Å². The number of piperidine rings is 1. The topological polar surface area (TPSA) is 82.1 Å². The SMILES string of the molecule is COc1ccc(C(OC(=O)C2CCN(C(=O)OCc3ccccc3)CC2)C(=O)c2ccc(C(C)(C)C)cc2)cc1. The molecule has 0 aliphatic carbocycles. The molecule has 0 saturated carbocycles. The Hall–Kier alpha value is -4.13. The molecule has 3 aromatic carbocycles. The summed E-state index contributed by atoms with van der Waals surface area (Å²) in [6.45, 7) is 7.29. The Morgan fingerprint density at radius 1 is 0.875 bits per heavy atom. The van der Waals surface area contributed by atoms with E-state index >= 15 is 0 Å². The summed E-state index contributed by atoms with van der Waals surface area (Å²) in [6, 6.07) is 23.9. The van der Waals surface area contributed by atoms with Gasteiger partial charge < -0.3 is 19.1 Å². The van der Waals surface area contributed by atoms with Crippen LogP contribution in [-0.4, -0.2) is 42.9 Å². The van der Waals surface area contributed by atoms with Gasteiger partial charge in [-0.25, -0.2) is 4.79 Å². The van der Waals surface area contributed by atoms with Gasteiger partial charge in [-0.3, -0.25) is 9.59 Å². The van der Waals surface area contributed by atoms with Crippen molar-refractivity contribution in [3.63, 3.8) is 0 Å². The van der Waals surface area contributed by atoms with Crippen LogP contribution in [0.25, 0.3) is 0 Å². The van der Waals surface area contributed by atoms with Gasteiger partial charge in [-0.2, -0.15) is 0 Å². The first-order chi connectivity index (χ1) is 19.2. The van der Waals surface area contributed by atoms with Gasteiger partial charge >= 0.3 is 12.1 Å². The number of likely N-dealkylation sites (tertiary alicyclic amines) is 1. The number of carbonyl (C=O) groups is 3. The Kier molecular flexibility index (Phi) is 9.25. The van der Waals surface area contributed by atoms with Gasteiger partial charge in [0.15, 0.2) is 6.10 Å². The van der Waals surface area contributed by atoms with Crippen molar-refractivity contribution >= 4 is 17.8 Å². The van der Waals surface area contributed by atoms with Gasteiger partial charge in [0.1, 0.15) is 12.4 Å².